The van der Waals surface area contributed by atoms with Crippen LogP contribution in [-0.4, -0.2) is 13.1 Å². The highest BCUT2D eigenvalue weighted by molar-refractivity contribution is 5.56. The Balaban J connectivity index is 2.05. The lowest BCUT2D eigenvalue weighted by Gasteiger charge is -2.39. The fourth-order valence-electron chi connectivity index (χ4n) is 2.78. The smallest absolute Gasteiger partial charge is 0.127 e. The van der Waals surface area contributed by atoms with Crippen LogP contribution >= 0.6 is 0 Å². The molecule has 0 spiro atoms. The van der Waals surface area contributed by atoms with Crippen molar-refractivity contribution in [3.8, 4) is 0 Å². The van der Waals surface area contributed by atoms with Crippen molar-refractivity contribution in [1.29, 1.82) is 0 Å². The first-order valence-corrected chi connectivity index (χ1v) is 6.67. The van der Waals surface area contributed by atoms with Gasteiger partial charge in [-0.2, -0.15) is 0 Å². The number of hydrogen-bond acceptors (Lipinski definition) is 2. The van der Waals surface area contributed by atoms with Crippen LogP contribution in [0.2, 0.25) is 0 Å². The maximum Gasteiger partial charge on any atom is 0.127 e. The highest BCUT2D eigenvalue weighted by Crippen LogP contribution is 2.35. The molecule has 1 aliphatic rings. The minimum absolute atomic E-state index is 0.247. The molecule has 100 valence electrons. The van der Waals surface area contributed by atoms with E-state index in [0.29, 0.717) is 11.1 Å². The summed E-state index contributed by atoms with van der Waals surface area (Å²) in [6.45, 7) is 8.88. The van der Waals surface area contributed by atoms with Crippen molar-refractivity contribution in [2.75, 3.05) is 23.7 Å². The molecule has 0 aliphatic carbocycles. The van der Waals surface area contributed by atoms with Crippen molar-refractivity contribution >= 4 is 11.4 Å². The Labute approximate surface area is 109 Å². The predicted octanol–water partition coefficient (Wildman–Crippen LogP) is 3.67. The summed E-state index contributed by atoms with van der Waals surface area (Å²) < 4.78 is 13.3. The van der Waals surface area contributed by atoms with Gasteiger partial charge < -0.3 is 10.6 Å². The Morgan fingerprint density at radius 2 is 1.78 bits per heavy atom. The predicted molar refractivity (Wildman–Crippen MR) is 75.2 cm³/mol. The second-order valence-electron chi connectivity index (χ2n) is 6.37. The highest BCUT2D eigenvalue weighted by Gasteiger charge is 2.28. The molecular formula is C15H23FN2. The van der Waals surface area contributed by atoms with Gasteiger partial charge in [-0.25, -0.2) is 4.39 Å². The lowest BCUT2D eigenvalue weighted by Crippen LogP contribution is -2.38. The number of hydrogen-bond donors (Lipinski definition) is 1. The molecule has 1 fully saturated rings. The molecule has 1 aliphatic heterocycles. The van der Waals surface area contributed by atoms with E-state index in [1.54, 1.807) is 6.07 Å². The van der Waals surface area contributed by atoms with E-state index in [-0.39, 0.29) is 5.82 Å². The van der Waals surface area contributed by atoms with E-state index in [2.05, 4.69) is 25.7 Å². The monoisotopic (exact) mass is 250 g/mol. The molecule has 3 heteroatoms. The van der Waals surface area contributed by atoms with Crippen molar-refractivity contribution in [3.63, 3.8) is 0 Å². The van der Waals surface area contributed by atoms with Crippen molar-refractivity contribution in [2.24, 2.45) is 11.3 Å². The van der Waals surface area contributed by atoms with Crippen LogP contribution in [0.1, 0.15) is 33.6 Å². The van der Waals surface area contributed by atoms with Gasteiger partial charge in [0.15, 0.2) is 0 Å². The van der Waals surface area contributed by atoms with E-state index in [9.17, 15) is 4.39 Å². The van der Waals surface area contributed by atoms with E-state index in [4.69, 9.17) is 5.73 Å². The third kappa shape index (κ3) is 2.95. The van der Waals surface area contributed by atoms with E-state index >= 15 is 0 Å². The standard InChI is InChI=1S/C15H23FN2/c1-15(2,3)11-4-6-18(7-5-11)14-9-12(16)8-13(17)10-14/h8-11H,4-7,17H2,1-3H3. The van der Waals surface area contributed by atoms with Gasteiger partial charge >= 0.3 is 0 Å². The second kappa shape index (κ2) is 4.79. The highest BCUT2D eigenvalue weighted by atomic mass is 19.1. The number of anilines is 2. The molecule has 0 amide bonds. The van der Waals surface area contributed by atoms with Gasteiger partial charge in [-0.3, -0.25) is 0 Å². The Morgan fingerprint density at radius 3 is 2.28 bits per heavy atom. The summed E-state index contributed by atoms with van der Waals surface area (Å²) in [6, 6.07) is 4.81. The lowest BCUT2D eigenvalue weighted by atomic mass is 9.75. The van der Waals surface area contributed by atoms with Crippen LogP contribution in [-0.2, 0) is 0 Å². The van der Waals surface area contributed by atoms with Gasteiger partial charge in [-0.1, -0.05) is 20.8 Å². The molecule has 2 nitrogen and oxygen atoms in total. The largest absolute Gasteiger partial charge is 0.399 e. The molecule has 18 heavy (non-hydrogen) atoms. The molecule has 0 atom stereocenters. The van der Waals surface area contributed by atoms with Crippen LogP contribution in [0.3, 0.4) is 0 Å². The molecule has 0 aromatic heterocycles. The van der Waals surface area contributed by atoms with Crippen molar-refractivity contribution in [1.82, 2.24) is 0 Å². The molecule has 0 radical (unpaired) electrons. The number of piperidine rings is 1. The molecule has 2 rings (SSSR count). The van der Waals surface area contributed by atoms with Gasteiger partial charge in [0.05, 0.1) is 0 Å². The number of benzene rings is 1. The van der Waals surface area contributed by atoms with Crippen LogP contribution in [0, 0.1) is 17.2 Å². The topological polar surface area (TPSA) is 29.3 Å². The van der Waals surface area contributed by atoms with E-state index < -0.39 is 0 Å². The van der Waals surface area contributed by atoms with E-state index in [0.717, 1.165) is 24.7 Å². The SMILES string of the molecule is CC(C)(C)C1CCN(c2cc(N)cc(F)c2)CC1. The van der Waals surface area contributed by atoms with Gasteiger partial charge in [0.2, 0.25) is 0 Å². The van der Waals surface area contributed by atoms with Crippen LogP contribution in [0.25, 0.3) is 0 Å². The fraction of sp³-hybridized carbons (Fsp3) is 0.600. The van der Waals surface area contributed by atoms with Crippen LogP contribution in [0.5, 0.6) is 0 Å². The van der Waals surface area contributed by atoms with Crippen LogP contribution in [0.15, 0.2) is 18.2 Å². The number of halogens is 1. The summed E-state index contributed by atoms with van der Waals surface area (Å²) in [5.74, 6) is 0.502. The summed E-state index contributed by atoms with van der Waals surface area (Å²) in [7, 11) is 0. The molecule has 1 heterocycles. The number of nitrogens with two attached hydrogens (primary N) is 1. The zero-order valence-electron chi connectivity index (χ0n) is 11.5. The molecule has 1 aromatic rings. The molecule has 0 saturated carbocycles. The van der Waals surface area contributed by atoms with Gasteiger partial charge in [-0.05, 0) is 42.4 Å². The fourth-order valence-corrected chi connectivity index (χ4v) is 2.78. The maximum absolute atomic E-state index is 13.3. The molecule has 0 unspecified atom stereocenters. The van der Waals surface area contributed by atoms with Crippen molar-refractivity contribution < 1.29 is 4.39 Å². The summed E-state index contributed by atoms with van der Waals surface area (Å²) >= 11 is 0. The molecule has 1 aromatic carbocycles. The number of rotatable bonds is 1. The first-order valence-electron chi connectivity index (χ1n) is 6.67. The van der Waals surface area contributed by atoms with Gasteiger partial charge in [0, 0.05) is 24.5 Å². The van der Waals surface area contributed by atoms with E-state index in [1.165, 1.54) is 18.9 Å². The van der Waals surface area contributed by atoms with Crippen LogP contribution < -0.4 is 10.6 Å². The normalized spacial score (nSPS) is 18.1. The zero-order chi connectivity index (χ0) is 13.3. The number of nitrogen functional groups attached to an aromatic ring is 1. The number of nitrogens with zero attached hydrogens (tertiary/aromatic N) is 1. The zero-order valence-corrected chi connectivity index (χ0v) is 11.5. The second-order valence-corrected chi connectivity index (χ2v) is 6.37. The summed E-state index contributed by atoms with van der Waals surface area (Å²) in [6.07, 6.45) is 2.33. The Morgan fingerprint density at radius 1 is 1.17 bits per heavy atom. The Bertz CT molecular complexity index is 395. The molecule has 1 saturated heterocycles. The molecule has 2 N–H and O–H groups in total. The van der Waals surface area contributed by atoms with Gasteiger partial charge in [0.1, 0.15) is 5.82 Å². The molecular weight excluding hydrogens is 227 g/mol. The summed E-state index contributed by atoms with van der Waals surface area (Å²) in [5, 5.41) is 0. The quantitative estimate of drug-likeness (QED) is 0.771. The molecule has 0 bridgehead atoms. The third-order valence-corrected chi connectivity index (χ3v) is 3.99. The first kappa shape index (κ1) is 13.2. The Hall–Kier alpha value is -1.25. The average Bonchev–Trinajstić information content (AvgIpc) is 2.27. The van der Waals surface area contributed by atoms with E-state index in [1.807, 2.05) is 6.07 Å². The minimum Gasteiger partial charge on any atom is -0.399 e. The average molecular weight is 250 g/mol. The van der Waals surface area contributed by atoms with Crippen LogP contribution in [0.4, 0.5) is 15.8 Å². The van der Waals surface area contributed by atoms with Crippen molar-refractivity contribution in [3.05, 3.63) is 24.0 Å². The maximum atomic E-state index is 13.3. The van der Waals surface area contributed by atoms with Crippen molar-refractivity contribution in [2.45, 2.75) is 33.6 Å². The summed E-state index contributed by atoms with van der Waals surface area (Å²) in [4.78, 5) is 2.24. The lowest BCUT2D eigenvalue weighted by molar-refractivity contribution is 0.199. The van der Waals surface area contributed by atoms with Gasteiger partial charge in [0.25, 0.3) is 0 Å². The minimum atomic E-state index is -0.247. The van der Waals surface area contributed by atoms with Gasteiger partial charge in [-0.15, -0.1) is 0 Å². The Kier molecular flexibility index (Phi) is 3.51. The first-order chi connectivity index (χ1) is 8.36. The third-order valence-electron chi connectivity index (χ3n) is 3.99. The summed E-state index contributed by atoms with van der Waals surface area (Å²) in [5.41, 5.74) is 7.48.